The molecule has 0 saturated heterocycles. The van der Waals surface area contributed by atoms with Gasteiger partial charge < -0.3 is 5.11 Å². The van der Waals surface area contributed by atoms with Gasteiger partial charge in [0, 0.05) is 30.6 Å². The van der Waals surface area contributed by atoms with Crippen LogP contribution in [0.3, 0.4) is 0 Å². The van der Waals surface area contributed by atoms with E-state index in [1.165, 1.54) is 6.20 Å². The van der Waals surface area contributed by atoms with Crippen molar-refractivity contribution in [2.24, 2.45) is 7.05 Å². The molecule has 0 aliphatic carbocycles. The lowest BCUT2D eigenvalue weighted by Gasteiger charge is -2.02. The van der Waals surface area contributed by atoms with Crippen molar-refractivity contribution in [3.63, 3.8) is 0 Å². The Labute approximate surface area is 92.4 Å². The number of aromatic carboxylic acids is 1. The Balaban J connectivity index is 2.64. The van der Waals surface area contributed by atoms with Crippen LogP contribution in [-0.4, -0.2) is 25.8 Å². The molecule has 0 fully saturated rings. The first-order valence-corrected chi connectivity index (χ1v) is 4.78. The van der Waals surface area contributed by atoms with Crippen LogP contribution in [0.25, 0.3) is 11.1 Å². The third kappa shape index (κ3) is 1.67. The third-order valence-corrected chi connectivity index (χ3v) is 2.31. The van der Waals surface area contributed by atoms with Crippen LogP contribution in [0.4, 0.5) is 0 Å². The Morgan fingerprint density at radius 2 is 2.19 bits per heavy atom. The van der Waals surface area contributed by atoms with Crippen molar-refractivity contribution >= 4 is 5.97 Å². The monoisotopic (exact) mass is 217 g/mol. The van der Waals surface area contributed by atoms with Gasteiger partial charge in [-0.3, -0.25) is 4.68 Å². The molecule has 16 heavy (non-hydrogen) atoms. The number of carbonyl (C=O) groups is 1. The second-order valence-electron chi connectivity index (χ2n) is 3.51. The fraction of sp³-hybridized carbons (Fsp3) is 0.182. The minimum atomic E-state index is -1.03. The van der Waals surface area contributed by atoms with Gasteiger partial charge in [-0.1, -0.05) is 6.07 Å². The van der Waals surface area contributed by atoms with Gasteiger partial charge in [0.2, 0.25) is 0 Å². The maximum atomic E-state index is 11.0. The maximum absolute atomic E-state index is 11.0. The summed E-state index contributed by atoms with van der Waals surface area (Å²) in [6.07, 6.45) is 3.26. The lowest BCUT2D eigenvalue weighted by molar-refractivity contribution is 0.0691. The molecule has 0 spiro atoms. The zero-order chi connectivity index (χ0) is 11.7. The number of aryl methyl sites for hydroxylation is 2. The molecule has 0 amide bonds. The minimum absolute atomic E-state index is 0.0543. The van der Waals surface area contributed by atoms with Crippen LogP contribution < -0.4 is 0 Å². The summed E-state index contributed by atoms with van der Waals surface area (Å²) in [6.45, 7) is 1.84. The molecule has 0 atom stereocenters. The highest BCUT2D eigenvalue weighted by Crippen LogP contribution is 2.24. The van der Waals surface area contributed by atoms with Gasteiger partial charge >= 0.3 is 5.97 Å². The molecular formula is C11H11N3O2. The molecule has 0 saturated carbocycles. The molecular weight excluding hydrogens is 206 g/mol. The van der Waals surface area contributed by atoms with Crippen molar-refractivity contribution < 1.29 is 9.90 Å². The minimum Gasteiger partial charge on any atom is -0.476 e. The number of rotatable bonds is 2. The van der Waals surface area contributed by atoms with E-state index in [1.807, 2.05) is 6.92 Å². The lowest BCUT2D eigenvalue weighted by atomic mass is 10.1. The van der Waals surface area contributed by atoms with E-state index in [9.17, 15) is 4.79 Å². The largest absolute Gasteiger partial charge is 0.476 e. The lowest BCUT2D eigenvalue weighted by Crippen LogP contribution is -2.02. The maximum Gasteiger partial charge on any atom is 0.355 e. The summed E-state index contributed by atoms with van der Waals surface area (Å²) in [7, 11) is 1.80. The number of hydrogen-bond donors (Lipinski definition) is 1. The van der Waals surface area contributed by atoms with Crippen LogP contribution in [0, 0.1) is 6.92 Å². The van der Waals surface area contributed by atoms with E-state index < -0.39 is 5.97 Å². The Morgan fingerprint density at radius 1 is 1.44 bits per heavy atom. The van der Waals surface area contributed by atoms with E-state index in [0.29, 0.717) is 5.56 Å². The topological polar surface area (TPSA) is 68.0 Å². The predicted molar refractivity (Wildman–Crippen MR) is 58.1 cm³/mol. The summed E-state index contributed by atoms with van der Waals surface area (Å²) < 4.78 is 1.66. The SMILES string of the molecule is Cc1nn(C)cc1-c1cccnc1C(=O)O. The molecule has 2 aromatic heterocycles. The van der Waals surface area contributed by atoms with Gasteiger partial charge in [0.15, 0.2) is 5.69 Å². The average molecular weight is 217 g/mol. The molecule has 0 aliphatic rings. The zero-order valence-electron chi connectivity index (χ0n) is 9.01. The van der Waals surface area contributed by atoms with E-state index >= 15 is 0 Å². The van der Waals surface area contributed by atoms with Gasteiger partial charge in [-0.25, -0.2) is 9.78 Å². The van der Waals surface area contributed by atoms with Crippen molar-refractivity contribution in [2.75, 3.05) is 0 Å². The number of nitrogens with zero attached hydrogens (tertiary/aromatic N) is 3. The van der Waals surface area contributed by atoms with Crippen molar-refractivity contribution in [2.45, 2.75) is 6.92 Å². The quantitative estimate of drug-likeness (QED) is 0.827. The normalized spacial score (nSPS) is 10.4. The van der Waals surface area contributed by atoms with Crippen molar-refractivity contribution in [1.82, 2.24) is 14.8 Å². The van der Waals surface area contributed by atoms with E-state index in [4.69, 9.17) is 5.11 Å². The van der Waals surface area contributed by atoms with E-state index in [0.717, 1.165) is 11.3 Å². The molecule has 0 unspecified atom stereocenters. The summed E-state index contributed by atoms with van der Waals surface area (Å²) in [5.74, 6) is -1.03. The molecule has 2 aromatic rings. The second kappa shape index (κ2) is 3.77. The fourth-order valence-corrected chi connectivity index (χ4v) is 1.66. The fourth-order valence-electron chi connectivity index (χ4n) is 1.66. The molecule has 2 rings (SSSR count). The molecule has 2 heterocycles. The number of carboxylic acid groups (broad SMARTS) is 1. The summed E-state index contributed by atoms with van der Waals surface area (Å²) in [5.41, 5.74) is 2.24. The molecule has 5 heteroatoms. The average Bonchev–Trinajstić information content (AvgIpc) is 2.57. The molecule has 0 radical (unpaired) electrons. The van der Waals surface area contributed by atoms with E-state index in [2.05, 4.69) is 10.1 Å². The van der Waals surface area contributed by atoms with Gasteiger partial charge in [0.25, 0.3) is 0 Å². The van der Waals surface area contributed by atoms with Crippen LogP contribution in [0.15, 0.2) is 24.5 Å². The van der Waals surface area contributed by atoms with Gasteiger partial charge in [0.05, 0.1) is 5.69 Å². The number of pyridine rings is 1. The Morgan fingerprint density at radius 3 is 2.75 bits per heavy atom. The van der Waals surface area contributed by atoms with Crippen molar-refractivity contribution in [1.29, 1.82) is 0 Å². The Kier molecular flexibility index (Phi) is 2.44. The summed E-state index contributed by atoms with van der Waals surface area (Å²) in [5, 5.41) is 13.2. The molecule has 0 aromatic carbocycles. The number of hydrogen-bond acceptors (Lipinski definition) is 3. The number of carboxylic acids is 1. The first-order chi connectivity index (χ1) is 7.59. The first-order valence-electron chi connectivity index (χ1n) is 4.78. The molecule has 1 N–H and O–H groups in total. The standard InChI is InChI=1S/C11H11N3O2/c1-7-9(6-14(2)13-7)8-4-3-5-12-10(8)11(15)16/h3-6H,1-2H3,(H,15,16). The summed E-state index contributed by atoms with van der Waals surface area (Å²) in [6, 6.07) is 3.45. The Hall–Kier alpha value is -2.17. The van der Waals surface area contributed by atoms with Crippen molar-refractivity contribution in [3.05, 3.63) is 35.9 Å². The smallest absolute Gasteiger partial charge is 0.355 e. The van der Waals surface area contributed by atoms with E-state index in [-0.39, 0.29) is 5.69 Å². The highest BCUT2D eigenvalue weighted by Gasteiger charge is 2.15. The van der Waals surface area contributed by atoms with Crippen LogP contribution in [-0.2, 0) is 7.05 Å². The van der Waals surface area contributed by atoms with Gasteiger partial charge in [-0.15, -0.1) is 0 Å². The van der Waals surface area contributed by atoms with Gasteiger partial charge in [0.1, 0.15) is 0 Å². The third-order valence-electron chi connectivity index (χ3n) is 2.31. The first kappa shape index (κ1) is 10.4. The van der Waals surface area contributed by atoms with Gasteiger partial charge in [-0.05, 0) is 13.0 Å². The molecule has 82 valence electrons. The van der Waals surface area contributed by atoms with Gasteiger partial charge in [-0.2, -0.15) is 5.10 Å². The second-order valence-corrected chi connectivity index (χ2v) is 3.51. The summed E-state index contributed by atoms with van der Waals surface area (Å²) in [4.78, 5) is 14.9. The zero-order valence-corrected chi connectivity index (χ0v) is 9.01. The van der Waals surface area contributed by atoms with E-state index in [1.54, 1.807) is 30.1 Å². The molecule has 5 nitrogen and oxygen atoms in total. The van der Waals surface area contributed by atoms with Crippen LogP contribution in [0.2, 0.25) is 0 Å². The highest BCUT2D eigenvalue weighted by atomic mass is 16.4. The Bertz CT molecular complexity index is 546. The molecule has 0 bridgehead atoms. The predicted octanol–water partition coefficient (Wildman–Crippen LogP) is 1.49. The molecule has 0 aliphatic heterocycles. The summed E-state index contributed by atoms with van der Waals surface area (Å²) >= 11 is 0. The van der Waals surface area contributed by atoms with Crippen molar-refractivity contribution in [3.8, 4) is 11.1 Å². The highest BCUT2D eigenvalue weighted by molar-refractivity contribution is 5.94. The van der Waals surface area contributed by atoms with Crippen LogP contribution >= 0.6 is 0 Å². The van der Waals surface area contributed by atoms with Crippen LogP contribution in [0.5, 0.6) is 0 Å². The van der Waals surface area contributed by atoms with Crippen LogP contribution in [0.1, 0.15) is 16.2 Å². The number of aromatic nitrogens is 3.